The second-order valence-corrected chi connectivity index (χ2v) is 5.06. The molecular formula is C13H23N3O. The average molecular weight is 237 g/mol. The van der Waals surface area contributed by atoms with Gasteiger partial charge in [-0.15, -0.1) is 0 Å². The Morgan fingerprint density at radius 3 is 3.18 bits per heavy atom. The maximum atomic E-state index is 5.84. The van der Waals surface area contributed by atoms with Gasteiger partial charge in [0, 0.05) is 31.6 Å². The van der Waals surface area contributed by atoms with E-state index in [2.05, 4.69) is 24.3 Å². The third-order valence-electron chi connectivity index (χ3n) is 3.68. The SMILES string of the molecule is CCC1(C)CC(NCCn2cccn2)CCO1. The average Bonchev–Trinajstić information content (AvgIpc) is 2.82. The largest absolute Gasteiger partial charge is 0.375 e. The molecule has 17 heavy (non-hydrogen) atoms. The highest BCUT2D eigenvalue weighted by atomic mass is 16.5. The van der Waals surface area contributed by atoms with E-state index in [-0.39, 0.29) is 5.60 Å². The van der Waals surface area contributed by atoms with E-state index in [1.54, 1.807) is 0 Å². The predicted molar refractivity (Wildman–Crippen MR) is 67.9 cm³/mol. The van der Waals surface area contributed by atoms with Crippen molar-refractivity contribution in [3.8, 4) is 0 Å². The van der Waals surface area contributed by atoms with Gasteiger partial charge in [-0.2, -0.15) is 5.10 Å². The molecule has 1 aromatic heterocycles. The Hall–Kier alpha value is -0.870. The molecule has 1 aliphatic rings. The third kappa shape index (κ3) is 3.54. The molecule has 1 aromatic rings. The van der Waals surface area contributed by atoms with Gasteiger partial charge in [-0.1, -0.05) is 6.92 Å². The van der Waals surface area contributed by atoms with Gasteiger partial charge in [0.2, 0.25) is 0 Å². The van der Waals surface area contributed by atoms with Crippen LogP contribution in [0.4, 0.5) is 0 Å². The van der Waals surface area contributed by atoms with Gasteiger partial charge in [0.05, 0.1) is 12.1 Å². The van der Waals surface area contributed by atoms with Crippen LogP contribution in [0, 0.1) is 0 Å². The summed E-state index contributed by atoms with van der Waals surface area (Å²) < 4.78 is 7.80. The van der Waals surface area contributed by atoms with Crippen molar-refractivity contribution in [2.75, 3.05) is 13.2 Å². The van der Waals surface area contributed by atoms with Crippen LogP contribution in [0.15, 0.2) is 18.5 Å². The molecule has 2 atom stereocenters. The predicted octanol–water partition coefficient (Wildman–Crippen LogP) is 1.82. The zero-order valence-corrected chi connectivity index (χ0v) is 10.9. The van der Waals surface area contributed by atoms with E-state index in [1.165, 1.54) is 0 Å². The smallest absolute Gasteiger partial charge is 0.0666 e. The molecule has 0 saturated carbocycles. The van der Waals surface area contributed by atoms with Gasteiger partial charge < -0.3 is 10.1 Å². The molecule has 0 bridgehead atoms. The van der Waals surface area contributed by atoms with E-state index in [1.807, 2.05) is 23.1 Å². The highest BCUT2D eigenvalue weighted by Crippen LogP contribution is 2.27. The first-order valence-electron chi connectivity index (χ1n) is 6.57. The molecule has 0 aliphatic carbocycles. The van der Waals surface area contributed by atoms with Gasteiger partial charge in [0.15, 0.2) is 0 Å². The van der Waals surface area contributed by atoms with E-state index < -0.39 is 0 Å². The first kappa shape index (κ1) is 12.6. The molecular weight excluding hydrogens is 214 g/mol. The van der Waals surface area contributed by atoms with Gasteiger partial charge in [-0.25, -0.2) is 0 Å². The Kier molecular flexibility index (Phi) is 4.18. The molecule has 2 rings (SSSR count). The summed E-state index contributed by atoms with van der Waals surface area (Å²) >= 11 is 0. The maximum absolute atomic E-state index is 5.84. The summed E-state index contributed by atoms with van der Waals surface area (Å²) in [6.45, 7) is 7.21. The van der Waals surface area contributed by atoms with E-state index in [9.17, 15) is 0 Å². The van der Waals surface area contributed by atoms with Crippen LogP contribution in [0.2, 0.25) is 0 Å². The Bertz CT molecular complexity index is 325. The number of nitrogens with zero attached hydrogens (tertiary/aromatic N) is 2. The Morgan fingerprint density at radius 1 is 1.59 bits per heavy atom. The van der Waals surface area contributed by atoms with E-state index in [0.717, 1.165) is 39.0 Å². The molecule has 96 valence electrons. The highest BCUT2D eigenvalue weighted by Gasteiger charge is 2.31. The lowest BCUT2D eigenvalue weighted by Gasteiger charge is -2.38. The maximum Gasteiger partial charge on any atom is 0.0666 e. The topological polar surface area (TPSA) is 39.1 Å². The van der Waals surface area contributed by atoms with Crippen molar-refractivity contribution in [2.45, 2.75) is 51.3 Å². The van der Waals surface area contributed by atoms with Gasteiger partial charge in [-0.05, 0) is 32.3 Å². The molecule has 0 aromatic carbocycles. The number of nitrogens with one attached hydrogen (secondary N) is 1. The fraction of sp³-hybridized carbons (Fsp3) is 0.769. The van der Waals surface area contributed by atoms with Crippen LogP contribution in [0.5, 0.6) is 0 Å². The van der Waals surface area contributed by atoms with Crippen molar-refractivity contribution in [3.05, 3.63) is 18.5 Å². The van der Waals surface area contributed by atoms with Crippen LogP contribution in [0.1, 0.15) is 33.1 Å². The van der Waals surface area contributed by atoms with Crippen LogP contribution in [0.25, 0.3) is 0 Å². The van der Waals surface area contributed by atoms with Gasteiger partial charge >= 0.3 is 0 Å². The van der Waals surface area contributed by atoms with Crippen molar-refractivity contribution in [1.82, 2.24) is 15.1 Å². The first-order valence-corrected chi connectivity index (χ1v) is 6.57. The summed E-state index contributed by atoms with van der Waals surface area (Å²) in [5.41, 5.74) is 0.0710. The number of hydrogen-bond donors (Lipinski definition) is 1. The highest BCUT2D eigenvalue weighted by molar-refractivity contribution is 4.85. The third-order valence-corrected chi connectivity index (χ3v) is 3.68. The molecule has 2 heterocycles. The summed E-state index contributed by atoms with van der Waals surface area (Å²) in [5.74, 6) is 0. The van der Waals surface area contributed by atoms with Crippen molar-refractivity contribution < 1.29 is 4.74 Å². The zero-order chi connectivity index (χ0) is 12.1. The van der Waals surface area contributed by atoms with E-state index >= 15 is 0 Å². The van der Waals surface area contributed by atoms with Gasteiger partial charge in [0.1, 0.15) is 0 Å². The Labute approximate surface area is 103 Å². The molecule has 0 amide bonds. The fourth-order valence-corrected chi connectivity index (χ4v) is 2.37. The van der Waals surface area contributed by atoms with Crippen LogP contribution in [-0.4, -0.2) is 34.6 Å². The van der Waals surface area contributed by atoms with E-state index in [4.69, 9.17) is 4.74 Å². The van der Waals surface area contributed by atoms with Crippen molar-refractivity contribution in [3.63, 3.8) is 0 Å². The minimum absolute atomic E-state index is 0.0710. The number of hydrogen-bond acceptors (Lipinski definition) is 3. The van der Waals surface area contributed by atoms with Crippen LogP contribution < -0.4 is 5.32 Å². The fourth-order valence-electron chi connectivity index (χ4n) is 2.37. The summed E-state index contributed by atoms with van der Waals surface area (Å²) in [7, 11) is 0. The number of aromatic nitrogens is 2. The Morgan fingerprint density at radius 2 is 2.47 bits per heavy atom. The van der Waals surface area contributed by atoms with Crippen LogP contribution in [0.3, 0.4) is 0 Å². The zero-order valence-electron chi connectivity index (χ0n) is 10.9. The standard InChI is InChI=1S/C13H23N3O/c1-3-13(2)11-12(5-10-17-13)14-7-9-16-8-4-6-15-16/h4,6,8,12,14H,3,5,7,9-11H2,1-2H3. The van der Waals surface area contributed by atoms with Crippen molar-refractivity contribution >= 4 is 0 Å². The summed E-state index contributed by atoms with van der Waals surface area (Å²) in [4.78, 5) is 0. The van der Waals surface area contributed by atoms with E-state index in [0.29, 0.717) is 6.04 Å². The normalized spacial score (nSPS) is 29.4. The van der Waals surface area contributed by atoms with Crippen LogP contribution in [-0.2, 0) is 11.3 Å². The van der Waals surface area contributed by atoms with Gasteiger partial charge in [0.25, 0.3) is 0 Å². The van der Waals surface area contributed by atoms with Crippen molar-refractivity contribution in [1.29, 1.82) is 0 Å². The molecule has 0 spiro atoms. The first-order chi connectivity index (χ1) is 8.22. The second-order valence-electron chi connectivity index (χ2n) is 5.06. The lowest BCUT2D eigenvalue weighted by atomic mass is 9.90. The summed E-state index contributed by atoms with van der Waals surface area (Å²) in [6.07, 6.45) is 7.14. The number of rotatable bonds is 5. The lowest BCUT2D eigenvalue weighted by molar-refractivity contribution is -0.0779. The minimum atomic E-state index is 0.0710. The monoisotopic (exact) mass is 237 g/mol. The van der Waals surface area contributed by atoms with Gasteiger partial charge in [-0.3, -0.25) is 4.68 Å². The van der Waals surface area contributed by atoms with Crippen LogP contribution >= 0.6 is 0 Å². The molecule has 4 heteroatoms. The summed E-state index contributed by atoms with van der Waals surface area (Å²) in [5, 5.41) is 7.80. The molecule has 4 nitrogen and oxygen atoms in total. The molecule has 2 unspecified atom stereocenters. The molecule has 1 aliphatic heterocycles. The molecule has 1 saturated heterocycles. The Balaban J connectivity index is 1.72. The molecule has 1 N–H and O–H groups in total. The molecule has 1 fully saturated rings. The quantitative estimate of drug-likeness (QED) is 0.849. The van der Waals surface area contributed by atoms with Crippen molar-refractivity contribution in [2.24, 2.45) is 0 Å². The lowest BCUT2D eigenvalue weighted by Crippen LogP contribution is -2.45. The minimum Gasteiger partial charge on any atom is -0.375 e. The molecule has 0 radical (unpaired) electrons. The number of ether oxygens (including phenoxy) is 1. The second kappa shape index (κ2) is 5.65. The summed E-state index contributed by atoms with van der Waals surface area (Å²) in [6, 6.07) is 2.55.